The molecule has 0 radical (unpaired) electrons. The molecular weight excluding hydrogens is 459 g/mol. The van der Waals surface area contributed by atoms with Crippen LogP contribution in [0, 0.1) is 5.82 Å². The van der Waals surface area contributed by atoms with Gasteiger partial charge in [-0.25, -0.2) is 9.18 Å². The molecule has 0 aliphatic rings. The Morgan fingerprint density at radius 1 is 0.971 bits per heavy atom. The Balaban J connectivity index is 1.78. The molecule has 0 saturated heterocycles. The third-order valence-electron chi connectivity index (χ3n) is 5.05. The van der Waals surface area contributed by atoms with Crippen LogP contribution < -0.4 is 14.2 Å². The Morgan fingerprint density at radius 2 is 1.65 bits per heavy atom. The summed E-state index contributed by atoms with van der Waals surface area (Å²) in [6, 6.07) is 18.3. The molecule has 1 N–H and O–H groups in total. The van der Waals surface area contributed by atoms with Gasteiger partial charge in [-0.2, -0.15) is 8.42 Å². The molecule has 0 aliphatic carbocycles. The van der Waals surface area contributed by atoms with Crippen LogP contribution in [-0.4, -0.2) is 32.5 Å². The van der Waals surface area contributed by atoms with Crippen LogP contribution in [0.1, 0.15) is 25.0 Å². The Morgan fingerprint density at radius 3 is 2.26 bits per heavy atom. The van der Waals surface area contributed by atoms with E-state index in [0.717, 1.165) is 29.8 Å². The van der Waals surface area contributed by atoms with Crippen molar-refractivity contribution in [2.24, 2.45) is 0 Å². The first kappa shape index (κ1) is 25.0. The van der Waals surface area contributed by atoms with Crippen molar-refractivity contribution in [1.82, 2.24) is 10.2 Å². The van der Waals surface area contributed by atoms with E-state index >= 15 is 0 Å². The summed E-state index contributed by atoms with van der Waals surface area (Å²) in [6.45, 7) is 4.38. The summed E-state index contributed by atoms with van der Waals surface area (Å²) in [5, 5.41) is 2.91. The fourth-order valence-electron chi connectivity index (χ4n) is 3.21. The largest absolute Gasteiger partial charge is 0.493 e. The highest BCUT2D eigenvalue weighted by Crippen LogP contribution is 2.31. The molecular formula is C25H27FN2O5S. The summed E-state index contributed by atoms with van der Waals surface area (Å²) < 4.78 is 49.1. The lowest BCUT2D eigenvalue weighted by atomic mass is 10.1. The number of hydrogen-bond acceptors (Lipinski definition) is 5. The quantitative estimate of drug-likeness (QED) is 0.443. The van der Waals surface area contributed by atoms with E-state index in [1.165, 1.54) is 13.2 Å². The maximum absolute atomic E-state index is 13.2. The number of nitrogens with zero attached hydrogens (tertiary/aromatic N) is 1. The van der Waals surface area contributed by atoms with Gasteiger partial charge >= 0.3 is 16.1 Å². The van der Waals surface area contributed by atoms with E-state index in [1.54, 1.807) is 17.0 Å². The smallest absolute Gasteiger partial charge is 0.339 e. The van der Waals surface area contributed by atoms with Crippen molar-refractivity contribution in [3.8, 4) is 11.5 Å². The Labute approximate surface area is 199 Å². The lowest BCUT2D eigenvalue weighted by molar-refractivity contribution is 0.179. The second kappa shape index (κ2) is 11.0. The van der Waals surface area contributed by atoms with Crippen molar-refractivity contribution in [2.45, 2.75) is 37.9 Å². The number of amides is 2. The van der Waals surface area contributed by atoms with Gasteiger partial charge in [0.1, 0.15) is 10.7 Å². The van der Waals surface area contributed by atoms with Gasteiger partial charge in [-0.3, -0.25) is 0 Å². The molecule has 9 heteroatoms. The number of rotatable bonds is 9. The van der Waals surface area contributed by atoms with E-state index in [-0.39, 0.29) is 35.0 Å². The van der Waals surface area contributed by atoms with Crippen molar-refractivity contribution in [1.29, 1.82) is 0 Å². The van der Waals surface area contributed by atoms with Crippen LogP contribution in [0.3, 0.4) is 0 Å². The summed E-state index contributed by atoms with van der Waals surface area (Å²) in [6.07, 6.45) is 0. The number of methoxy groups -OCH3 is 1. The Kier molecular flexibility index (Phi) is 8.12. The summed E-state index contributed by atoms with van der Waals surface area (Å²) in [5.74, 6) is -0.380. The van der Waals surface area contributed by atoms with Gasteiger partial charge in [-0.05, 0) is 61.4 Å². The molecule has 0 aliphatic heterocycles. The Hall–Kier alpha value is -3.59. The summed E-state index contributed by atoms with van der Waals surface area (Å²) in [4.78, 5) is 14.3. The Bertz CT molecular complexity index is 1220. The summed E-state index contributed by atoms with van der Waals surface area (Å²) in [7, 11) is -2.83. The van der Waals surface area contributed by atoms with Gasteiger partial charge in [0.2, 0.25) is 0 Å². The molecule has 0 aromatic heterocycles. The maximum Gasteiger partial charge on any atom is 0.339 e. The average Bonchev–Trinajstić information content (AvgIpc) is 2.81. The number of urea groups is 1. The molecule has 0 spiro atoms. The van der Waals surface area contributed by atoms with Gasteiger partial charge < -0.3 is 19.1 Å². The van der Waals surface area contributed by atoms with E-state index < -0.39 is 15.9 Å². The average molecular weight is 487 g/mol. The number of carbonyl (C=O) groups excluding carboxylic acids is 1. The lowest BCUT2D eigenvalue weighted by Gasteiger charge is -2.27. The molecule has 34 heavy (non-hydrogen) atoms. The molecule has 7 nitrogen and oxygen atoms in total. The molecule has 2 amide bonds. The van der Waals surface area contributed by atoms with Gasteiger partial charge in [0.25, 0.3) is 0 Å². The van der Waals surface area contributed by atoms with Crippen LogP contribution in [0.25, 0.3) is 0 Å². The normalized spacial score (nSPS) is 11.2. The second-order valence-electron chi connectivity index (χ2n) is 7.84. The minimum Gasteiger partial charge on any atom is -0.493 e. The van der Waals surface area contributed by atoms with Crippen molar-refractivity contribution >= 4 is 16.1 Å². The van der Waals surface area contributed by atoms with E-state index in [4.69, 9.17) is 8.92 Å². The monoisotopic (exact) mass is 486 g/mol. The topological polar surface area (TPSA) is 84.9 Å². The first-order valence-electron chi connectivity index (χ1n) is 10.6. The lowest BCUT2D eigenvalue weighted by Crippen LogP contribution is -2.43. The standard InChI is InChI=1S/C25H27FN2O5S/c1-18(2)28(25(29)27-16-19-7-5-4-6-8-19)17-20-9-14-23(32-3)24(15-20)33-34(30,31)22-12-10-21(26)11-13-22/h4-15,18H,16-17H2,1-3H3,(H,27,29). The third-order valence-corrected chi connectivity index (χ3v) is 6.30. The fraction of sp³-hybridized carbons (Fsp3) is 0.240. The maximum atomic E-state index is 13.2. The SMILES string of the molecule is COc1ccc(CN(C(=O)NCc2ccccc2)C(C)C)cc1OS(=O)(=O)c1ccc(F)cc1. The molecule has 3 aromatic rings. The zero-order chi connectivity index (χ0) is 24.7. The van der Waals surface area contributed by atoms with Crippen LogP contribution >= 0.6 is 0 Å². The van der Waals surface area contributed by atoms with E-state index in [1.807, 2.05) is 44.2 Å². The molecule has 180 valence electrons. The van der Waals surface area contributed by atoms with Crippen LogP contribution in [-0.2, 0) is 23.2 Å². The first-order valence-corrected chi connectivity index (χ1v) is 12.1. The van der Waals surface area contributed by atoms with Crippen molar-refractivity contribution in [3.05, 3.63) is 89.7 Å². The van der Waals surface area contributed by atoms with Gasteiger partial charge in [0.05, 0.1) is 7.11 Å². The van der Waals surface area contributed by atoms with Crippen LogP contribution in [0.4, 0.5) is 9.18 Å². The highest BCUT2D eigenvalue weighted by molar-refractivity contribution is 7.87. The summed E-state index contributed by atoms with van der Waals surface area (Å²) in [5.41, 5.74) is 1.62. The molecule has 0 bridgehead atoms. The number of nitrogens with one attached hydrogen (secondary N) is 1. The molecule has 0 unspecified atom stereocenters. The number of ether oxygens (including phenoxy) is 1. The van der Waals surface area contributed by atoms with Crippen LogP contribution in [0.5, 0.6) is 11.5 Å². The minimum atomic E-state index is -4.22. The predicted molar refractivity (Wildman–Crippen MR) is 127 cm³/mol. The minimum absolute atomic E-state index is 0.0299. The zero-order valence-corrected chi connectivity index (χ0v) is 20.0. The third kappa shape index (κ3) is 6.48. The van der Waals surface area contributed by atoms with Crippen LogP contribution in [0.2, 0.25) is 0 Å². The van der Waals surface area contributed by atoms with Crippen molar-refractivity contribution in [2.75, 3.05) is 7.11 Å². The summed E-state index contributed by atoms with van der Waals surface area (Å²) >= 11 is 0. The highest BCUT2D eigenvalue weighted by Gasteiger charge is 2.22. The zero-order valence-electron chi connectivity index (χ0n) is 19.2. The fourth-order valence-corrected chi connectivity index (χ4v) is 4.15. The van der Waals surface area contributed by atoms with Gasteiger partial charge in [0, 0.05) is 19.1 Å². The van der Waals surface area contributed by atoms with E-state index in [2.05, 4.69) is 5.32 Å². The molecule has 0 fully saturated rings. The molecule has 3 rings (SSSR count). The first-order chi connectivity index (χ1) is 16.2. The molecule has 0 saturated carbocycles. The number of hydrogen-bond donors (Lipinski definition) is 1. The van der Waals surface area contributed by atoms with E-state index in [9.17, 15) is 17.6 Å². The predicted octanol–water partition coefficient (Wildman–Crippen LogP) is 4.72. The number of halogens is 1. The molecule has 3 aromatic carbocycles. The van der Waals surface area contributed by atoms with E-state index in [0.29, 0.717) is 12.1 Å². The molecule has 0 atom stereocenters. The second-order valence-corrected chi connectivity index (χ2v) is 9.39. The van der Waals surface area contributed by atoms with Gasteiger partial charge in [0.15, 0.2) is 11.5 Å². The van der Waals surface area contributed by atoms with Crippen molar-refractivity contribution in [3.63, 3.8) is 0 Å². The molecule has 0 heterocycles. The van der Waals surface area contributed by atoms with Gasteiger partial charge in [-0.1, -0.05) is 36.4 Å². The van der Waals surface area contributed by atoms with Crippen LogP contribution in [0.15, 0.2) is 77.7 Å². The number of benzene rings is 3. The highest BCUT2D eigenvalue weighted by atomic mass is 32.2. The number of carbonyl (C=O) groups is 1. The van der Waals surface area contributed by atoms with Gasteiger partial charge in [-0.15, -0.1) is 0 Å². The van der Waals surface area contributed by atoms with Crippen molar-refractivity contribution < 1.29 is 26.5 Å².